The van der Waals surface area contributed by atoms with Crippen LogP contribution in [0.25, 0.3) is 11.8 Å². The van der Waals surface area contributed by atoms with Gasteiger partial charge >= 0.3 is 0 Å². The summed E-state index contributed by atoms with van der Waals surface area (Å²) in [5.74, 6) is -0.0936. The molecule has 1 amide bonds. The van der Waals surface area contributed by atoms with E-state index in [9.17, 15) is 4.79 Å². The Balaban J connectivity index is 1.48. The molecule has 0 aliphatic heterocycles. The molecule has 0 spiro atoms. The molecule has 1 heterocycles. The highest BCUT2D eigenvalue weighted by molar-refractivity contribution is 9.10. The van der Waals surface area contributed by atoms with E-state index in [2.05, 4.69) is 38.5 Å². The standard InChI is InChI=1S/C20H18BrN3O/c21-19-5-2-1-4-17(19)8-11-20(25)22-14-12-16-6-9-18(10-7-16)24-15-3-13-23-24/h1-11,13,15H,12,14H2,(H,22,25)/b11-8+. The summed E-state index contributed by atoms with van der Waals surface area (Å²) in [6, 6.07) is 17.8. The Bertz CT molecular complexity index is 855. The molecule has 3 aromatic rings. The molecule has 0 fully saturated rings. The fourth-order valence-corrected chi connectivity index (χ4v) is 2.82. The predicted molar refractivity (Wildman–Crippen MR) is 103 cm³/mol. The highest BCUT2D eigenvalue weighted by Gasteiger charge is 2.00. The number of benzene rings is 2. The SMILES string of the molecule is O=C(/C=C/c1ccccc1Br)NCCc1ccc(-n2cccn2)cc1. The van der Waals surface area contributed by atoms with Gasteiger partial charge in [0.1, 0.15) is 0 Å². The average Bonchev–Trinajstić information content (AvgIpc) is 3.16. The van der Waals surface area contributed by atoms with Crippen LogP contribution in [0.15, 0.2) is 77.5 Å². The topological polar surface area (TPSA) is 46.9 Å². The van der Waals surface area contributed by atoms with Crippen molar-refractivity contribution in [3.05, 3.63) is 88.7 Å². The molecule has 0 atom stereocenters. The molecule has 1 N–H and O–H groups in total. The Morgan fingerprint density at radius 3 is 2.64 bits per heavy atom. The lowest BCUT2D eigenvalue weighted by Gasteiger charge is -2.05. The second-order valence-electron chi connectivity index (χ2n) is 5.51. The summed E-state index contributed by atoms with van der Waals surface area (Å²) < 4.78 is 2.79. The van der Waals surface area contributed by atoms with E-state index in [1.165, 1.54) is 5.56 Å². The fourth-order valence-electron chi connectivity index (χ4n) is 2.40. The lowest BCUT2D eigenvalue weighted by Crippen LogP contribution is -2.23. The molecule has 3 rings (SSSR count). The number of carbonyl (C=O) groups excluding carboxylic acids is 1. The van der Waals surface area contributed by atoms with E-state index in [1.807, 2.05) is 53.3 Å². The molecule has 1 aromatic heterocycles. The molecule has 25 heavy (non-hydrogen) atoms. The second-order valence-corrected chi connectivity index (χ2v) is 6.37. The normalized spacial score (nSPS) is 10.9. The van der Waals surface area contributed by atoms with Crippen LogP contribution in [-0.2, 0) is 11.2 Å². The van der Waals surface area contributed by atoms with Crippen molar-refractivity contribution in [1.82, 2.24) is 15.1 Å². The summed E-state index contributed by atoms with van der Waals surface area (Å²) in [5, 5.41) is 7.11. The van der Waals surface area contributed by atoms with Crippen molar-refractivity contribution in [2.45, 2.75) is 6.42 Å². The molecule has 2 aromatic carbocycles. The zero-order valence-electron chi connectivity index (χ0n) is 13.6. The molecule has 4 nitrogen and oxygen atoms in total. The van der Waals surface area contributed by atoms with Crippen LogP contribution in [-0.4, -0.2) is 22.2 Å². The van der Waals surface area contributed by atoms with Gasteiger partial charge in [0.2, 0.25) is 5.91 Å². The van der Waals surface area contributed by atoms with Crippen molar-refractivity contribution in [1.29, 1.82) is 0 Å². The fraction of sp³-hybridized carbons (Fsp3) is 0.100. The van der Waals surface area contributed by atoms with Crippen molar-refractivity contribution in [2.75, 3.05) is 6.54 Å². The molecular formula is C20H18BrN3O. The molecule has 0 bridgehead atoms. The van der Waals surface area contributed by atoms with Crippen LogP contribution in [0.4, 0.5) is 0 Å². The molecular weight excluding hydrogens is 378 g/mol. The van der Waals surface area contributed by atoms with Gasteiger partial charge in [-0.2, -0.15) is 5.10 Å². The first-order valence-electron chi connectivity index (χ1n) is 8.02. The van der Waals surface area contributed by atoms with E-state index < -0.39 is 0 Å². The number of rotatable bonds is 6. The maximum Gasteiger partial charge on any atom is 0.244 e. The van der Waals surface area contributed by atoms with Gasteiger partial charge in [-0.05, 0) is 47.9 Å². The van der Waals surface area contributed by atoms with E-state index in [0.717, 1.165) is 22.1 Å². The van der Waals surface area contributed by atoms with Gasteiger partial charge in [-0.1, -0.05) is 46.3 Å². The number of hydrogen-bond acceptors (Lipinski definition) is 2. The molecule has 0 saturated carbocycles. The number of halogens is 1. The summed E-state index contributed by atoms with van der Waals surface area (Å²) in [7, 11) is 0. The van der Waals surface area contributed by atoms with Crippen LogP contribution >= 0.6 is 15.9 Å². The van der Waals surface area contributed by atoms with E-state index in [1.54, 1.807) is 18.3 Å². The van der Waals surface area contributed by atoms with Crippen LogP contribution in [0.5, 0.6) is 0 Å². The maximum atomic E-state index is 11.9. The van der Waals surface area contributed by atoms with E-state index >= 15 is 0 Å². The second kappa shape index (κ2) is 8.44. The molecule has 126 valence electrons. The number of nitrogens with zero attached hydrogens (tertiary/aromatic N) is 2. The average molecular weight is 396 g/mol. The van der Waals surface area contributed by atoms with Gasteiger partial charge in [-0.15, -0.1) is 0 Å². The Labute approximate surface area is 155 Å². The van der Waals surface area contributed by atoms with Crippen LogP contribution < -0.4 is 5.32 Å². The number of nitrogens with one attached hydrogen (secondary N) is 1. The minimum Gasteiger partial charge on any atom is -0.352 e. The largest absolute Gasteiger partial charge is 0.352 e. The summed E-state index contributed by atoms with van der Waals surface area (Å²) in [4.78, 5) is 11.9. The van der Waals surface area contributed by atoms with Gasteiger partial charge in [0.05, 0.1) is 5.69 Å². The third kappa shape index (κ3) is 4.90. The van der Waals surface area contributed by atoms with Crippen LogP contribution in [0.3, 0.4) is 0 Å². The number of hydrogen-bond donors (Lipinski definition) is 1. The number of carbonyl (C=O) groups is 1. The van der Waals surface area contributed by atoms with Crippen LogP contribution in [0.2, 0.25) is 0 Å². The first-order chi connectivity index (χ1) is 12.2. The summed E-state index contributed by atoms with van der Waals surface area (Å²) in [6.07, 6.45) is 7.81. The molecule has 0 saturated heterocycles. The zero-order valence-corrected chi connectivity index (χ0v) is 15.2. The Morgan fingerprint density at radius 2 is 1.92 bits per heavy atom. The summed E-state index contributed by atoms with van der Waals surface area (Å²) >= 11 is 3.46. The summed E-state index contributed by atoms with van der Waals surface area (Å²) in [6.45, 7) is 0.597. The smallest absolute Gasteiger partial charge is 0.244 e. The molecule has 0 aliphatic rings. The van der Waals surface area contributed by atoms with Crippen LogP contribution in [0.1, 0.15) is 11.1 Å². The Morgan fingerprint density at radius 1 is 1.12 bits per heavy atom. The highest BCUT2D eigenvalue weighted by Crippen LogP contribution is 2.16. The van der Waals surface area contributed by atoms with Crippen molar-refractivity contribution in [3.63, 3.8) is 0 Å². The van der Waals surface area contributed by atoms with E-state index in [0.29, 0.717) is 6.54 Å². The highest BCUT2D eigenvalue weighted by atomic mass is 79.9. The quantitative estimate of drug-likeness (QED) is 0.640. The third-order valence-corrected chi connectivity index (χ3v) is 4.46. The van der Waals surface area contributed by atoms with Gasteiger partial charge in [-0.25, -0.2) is 4.68 Å². The van der Waals surface area contributed by atoms with Crippen molar-refractivity contribution < 1.29 is 4.79 Å². The van der Waals surface area contributed by atoms with Gasteiger partial charge in [-0.3, -0.25) is 4.79 Å². The number of aromatic nitrogens is 2. The van der Waals surface area contributed by atoms with Gasteiger partial charge < -0.3 is 5.32 Å². The first kappa shape index (κ1) is 17.2. The Kier molecular flexibility index (Phi) is 5.80. The van der Waals surface area contributed by atoms with Crippen molar-refractivity contribution >= 4 is 27.9 Å². The Hall–Kier alpha value is -2.66. The monoisotopic (exact) mass is 395 g/mol. The molecule has 0 unspecified atom stereocenters. The van der Waals surface area contributed by atoms with Gasteiger partial charge in [0.25, 0.3) is 0 Å². The lowest BCUT2D eigenvalue weighted by molar-refractivity contribution is -0.116. The van der Waals surface area contributed by atoms with E-state index in [-0.39, 0.29) is 5.91 Å². The molecule has 5 heteroatoms. The van der Waals surface area contributed by atoms with Crippen LogP contribution in [0, 0.1) is 0 Å². The van der Waals surface area contributed by atoms with Gasteiger partial charge in [0, 0.05) is 29.5 Å². The zero-order chi connectivity index (χ0) is 17.5. The van der Waals surface area contributed by atoms with E-state index in [4.69, 9.17) is 0 Å². The number of amides is 1. The van der Waals surface area contributed by atoms with Gasteiger partial charge in [0.15, 0.2) is 0 Å². The van der Waals surface area contributed by atoms with Crippen molar-refractivity contribution in [2.24, 2.45) is 0 Å². The molecule has 0 radical (unpaired) electrons. The van der Waals surface area contributed by atoms with Crippen molar-refractivity contribution in [3.8, 4) is 5.69 Å². The maximum absolute atomic E-state index is 11.9. The predicted octanol–water partition coefficient (Wildman–Crippen LogP) is 4.01. The summed E-state index contributed by atoms with van der Waals surface area (Å²) in [5.41, 5.74) is 3.17. The minimum atomic E-state index is -0.0936. The first-order valence-corrected chi connectivity index (χ1v) is 8.81. The third-order valence-electron chi connectivity index (χ3n) is 3.74. The lowest BCUT2D eigenvalue weighted by atomic mass is 10.1. The minimum absolute atomic E-state index is 0.0936. The molecule has 0 aliphatic carbocycles.